The van der Waals surface area contributed by atoms with Gasteiger partial charge in [-0.1, -0.05) is 11.6 Å². The number of alkyl halides is 3. The van der Waals surface area contributed by atoms with Crippen LogP contribution in [0.4, 0.5) is 18.9 Å². The Balaban J connectivity index is 2.18. The lowest BCUT2D eigenvalue weighted by molar-refractivity contribution is -0.129. The summed E-state index contributed by atoms with van der Waals surface area (Å²) in [5, 5.41) is 4.32. The Morgan fingerprint density at radius 1 is 1.36 bits per heavy atom. The lowest BCUT2D eigenvalue weighted by atomic mass is 10.3. The smallest absolute Gasteiger partial charge is 0.382 e. The molecule has 2 aromatic heterocycles. The fourth-order valence-electron chi connectivity index (χ4n) is 2.59. The quantitative estimate of drug-likeness (QED) is 0.301. The molecule has 0 saturated carbocycles. The van der Waals surface area contributed by atoms with E-state index in [1.165, 1.54) is 16.7 Å². The number of amides is 1. The maximum atomic E-state index is 13.3. The first-order valence-corrected chi connectivity index (χ1v) is 11.5. The predicted octanol–water partition coefficient (Wildman–Crippen LogP) is 4.02. The van der Waals surface area contributed by atoms with E-state index in [0.29, 0.717) is 18.0 Å². The van der Waals surface area contributed by atoms with E-state index in [1.54, 1.807) is 37.6 Å². The number of halogens is 4. The zero-order valence-electron chi connectivity index (χ0n) is 18.2. The summed E-state index contributed by atoms with van der Waals surface area (Å²) in [7, 11) is 1.52. The largest absolute Gasteiger partial charge is 0.389 e. The minimum Gasteiger partial charge on any atom is -0.382 e. The molecular weight excluding hydrogens is 483 g/mol. The molecule has 1 amide bonds. The molecule has 0 unspecified atom stereocenters. The molecule has 0 atom stereocenters. The molecule has 0 radical (unpaired) electrons. The highest BCUT2D eigenvalue weighted by Gasteiger charge is 2.28. The van der Waals surface area contributed by atoms with Gasteiger partial charge in [0.2, 0.25) is 0 Å². The van der Waals surface area contributed by atoms with Crippen molar-refractivity contribution in [2.75, 3.05) is 50.0 Å². The molecule has 2 rings (SSSR count). The SMILES string of the molecule is CCN(C(=O)C(CSCCC(F)(F)F)=NCOCCOC)c1cn(-c2cccnc2)nc1Cl. The zero-order valence-corrected chi connectivity index (χ0v) is 19.8. The van der Waals surface area contributed by atoms with Gasteiger partial charge in [-0.25, -0.2) is 4.68 Å². The number of thioether (sulfide) groups is 1. The van der Waals surface area contributed by atoms with E-state index < -0.39 is 18.5 Å². The molecule has 0 bridgehead atoms. The van der Waals surface area contributed by atoms with Gasteiger partial charge in [0, 0.05) is 31.4 Å². The summed E-state index contributed by atoms with van der Waals surface area (Å²) in [5.74, 6) is -0.681. The Hall–Kier alpha value is -2.15. The third kappa shape index (κ3) is 8.95. The molecule has 0 N–H and O–H groups in total. The summed E-state index contributed by atoms with van der Waals surface area (Å²) in [6.07, 6.45) is -0.422. The van der Waals surface area contributed by atoms with Crippen LogP contribution in [0.25, 0.3) is 5.69 Å². The molecule has 2 heterocycles. The number of anilines is 1. The first kappa shape index (κ1) is 27.1. The molecule has 2 aromatic rings. The van der Waals surface area contributed by atoms with Crippen LogP contribution in [0.15, 0.2) is 35.7 Å². The zero-order chi connectivity index (χ0) is 24.3. The number of rotatable bonds is 13. The third-order valence-electron chi connectivity index (χ3n) is 4.21. The van der Waals surface area contributed by atoms with Gasteiger partial charge < -0.3 is 14.4 Å². The van der Waals surface area contributed by atoms with Crippen LogP contribution in [0.3, 0.4) is 0 Å². The van der Waals surface area contributed by atoms with Crippen molar-refractivity contribution in [3.8, 4) is 5.69 Å². The molecule has 0 aliphatic carbocycles. The number of ether oxygens (including phenoxy) is 2. The minimum atomic E-state index is -4.26. The maximum Gasteiger partial charge on any atom is 0.389 e. The van der Waals surface area contributed by atoms with E-state index in [2.05, 4.69) is 15.1 Å². The highest BCUT2D eigenvalue weighted by molar-refractivity contribution is 8.00. The summed E-state index contributed by atoms with van der Waals surface area (Å²) in [4.78, 5) is 22.8. The number of carbonyl (C=O) groups excluding carboxylic acids is 1. The number of methoxy groups -OCH3 is 1. The van der Waals surface area contributed by atoms with E-state index in [0.717, 1.165) is 11.8 Å². The number of hydrogen-bond acceptors (Lipinski definition) is 7. The van der Waals surface area contributed by atoms with Crippen molar-refractivity contribution in [1.29, 1.82) is 0 Å². The van der Waals surface area contributed by atoms with Crippen molar-refractivity contribution in [2.24, 2.45) is 4.99 Å². The topological polar surface area (TPSA) is 81.8 Å². The molecule has 8 nitrogen and oxygen atoms in total. The summed E-state index contributed by atoms with van der Waals surface area (Å²) >= 11 is 7.27. The van der Waals surface area contributed by atoms with Crippen LogP contribution in [0, 0.1) is 0 Å². The molecular formula is C20H25ClF3N5O3S. The van der Waals surface area contributed by atoms with Crippen molar-refractivity contribution in [2.45, 2.75) is 19.5 Å². The first-order chi connectivity index (χ1) is 15.8. The van der Waals surface area contributed by atoms with Crippen molar-refractivity contribution in [3.63, 3.8) is 0 Å². The second kappa shape index (κ2) is 13.5. The van der Waals surface area contributed by atoms with Crippen LogP contribution in [-0.2, 0) is 14.3 Å². The average Bonchev–Trinajstić information content (AvgIpc) is 3.16. The number of aromatic nitrogens is 3. The van der Waals surface area contributed by atoms with Gasteiger partial charge in [-0.05, 0) is 19.1 Å². The Kier molecular flexibility index (Phi) is 11.1. The van der Waals surface area contributed by atoms with Gasteiger partial charge in [-0.3, -0.25) is 14.8 Å². The standard InChI is InChI=1S/C20H25ClF3N5O3S/c1-3-28(17-12-29(27-18(17)21)15-5-4-7-25-11-15)19(30)16(26-14-32-9-8-31-2)13-33-10-6-20(22,23)24/h4-5,7,11-12H,3,6,8-10,13-14H2,1-2H3. The highest BCUT2D eigenvalue weighted by Crippen LogP contribution is 2.27. The molecule has 13 heteroatoms. The molecule has 0 saturated heterocycles. The Morgan fingerprint density at radius 2 is 2.15 bits per heavy atom. The van der Waals surface area contributed by atoms with Gasteiger partial charge in [0.15, 0.2) is 5.15 Å². The van der Waals surface area contributed by atoms with E-state index in [4.69, 9.17) is 21.1 Å². The number of carbonyl (C=O) groups is 1. The molecule has 0 fully saturated rings. The van der Waals surface area contributed by atoms with E-state index in [-0.39, 0.29) is 42.3 Å². The van der Waals surface area contributed by atoms with Crippen LogP contribution in [0.5, 0.6) is 0 Å². The molecule has 0 aromatic carbocycles. The van der Waals surface area contributed by atoms with Gasteiger partial charge in [0.1, 0.15) is 18.1 Å². The number of hydrogen-bond donors (Lipinski definition) is 0. The predicted molar refractivity (Wildman–Crippen MR) is 123 cm³/mol. The number of aliphatic imine (C=N–C) groups is 1. The van der Waals surface area contributed by atoms with E-state index in [9.17, 15) is 18.0 Å². The lowest BCUT2D eigenvalue weighted by Gasteiger charge is -2.20. The van der Waals surface area contributed by atoms with E-state index in [1.807, 2.05) is 0 Å². The summed E-state index contributed by atoms with van der Waals surface area (Å²) in [6.45, 7) is 2.49. The van der Waals surface area contributed by atoms with Gasteiger partial charge in [0.05, 0.1) is 37.7 Å². The average molecular weight is 508 g/mol. The van der Waals surface area contributed by atoms with Crippen LogP contribution in [0.2, 0.25) is 5.15 Å². The molecule has 0 aliphatic rings. The maximum absolute atomic E-state index is 13.3. The second-order valence-corrected chi connectivity index (χ2v) is 8.03. The van der Waals surface area contributed by atoms with Crippen LogP contribution in [0.1, 0.15) is 13.3 Å². The van der Waals surface area contributed by atoms with E-state index >= 15 is 0 Å². The van der Waals surface area contributed by atoms with Crippen molar-refractivity contribution in [3.05, 3.63) is 35.9 Å². The Morgan fingerprint density at radius 3 is 2.79 bits per heavy atom. The number of nitrogens with zero attached hydrogens (tertiary/aromatic N) is 5. The van der Waals surface area contributed by atoms with Crippen molar-refractivity contribution in [1.82, 2.24) is 14.8 Å². The fourth-order valence-corrected chi connectivity index (χ4v) is 3.75. The van der Waals surface area contributed by atoms with Crippen molar-refractivity contribution < 1.29 is 27.4 Å². The summed E-state index contributed by atoms with van der Waals surface area (Å²) < 4.78 is 49.1. The minimum absolute atomic E-state index is 0.00654. The normalized spacial score (nSPS) is 12.2. The van der Waals surface area contributed by atoms with Gasteiger partial charge in [-0.2, -0.15) is 30.0 Å². The number of pyridine rings is 1. The Bertz CT molecular complexity index is 912. The molecule has 0 spiro atoms. The summed E-state index contributed by atoms with van der Waals surface area (Å²) in [5.41, 5.74) is 1.07. The van der Waals surface area contributed by atoms with Crippen LogP contribution >= 0.6 is 23.4 Å². The van der Waals surface area contributed by atoms with Crippen LogP contribution in [-0.4, -0.2) is 77.7 Å². The van der Waals surface area contributed by atoms with Gasteiger partial charge >= 0.3 is 6.18 Å². The molecule has 33 heavy (non-hydrogen) atoms. The molecule has 0 aliphatic heterocycles. The van der Waals surface area contributed by atoms with Crippen molar-refractivity contribution >= 4 is 40.7 Å². The van der Waals surface area contributed by atoms with Gasteiger partial charge in [0.25, 0.3) is 5.91 Å². The highest BCUT2D eigenvalue weighted by atomic mass is 35.5. The second-order valence-electron chi connectivity index (χ2n) is 6.56. The van der Waals surface area contributed by atoms with Crippen LogP contribution < -0.4 is 4.90 Å². The fraction of sp³-hybridized carbons (Fsp3) is 0.500. The lowest BCUT2D eigenvalue weighted by Crippen LogP contribution is -2.38. The summed E-state index contributed by atoms with van der Waals surface area (Å²) in [6, 6.07) is 3.51. The molecule has 182 valence electrons. The monoisotopic (exact) mass is 507 g/mol. The third-order valence-corrected chi connectivity index (χ3v) is 5.45. The van der Waals surface area contributed by atoms with Gasteiger partial charge in [-0.15, -0.1) is 0 Å². The Labute approximate surface area is 199 Å². The first-order valence-electron chi connectivity index (χ1n) is 9.98.